The van der Waals surface area contributed by atoms with Crippen molar-refractivity contribution < 1.29 is 0 Å². The van der Waals surface area contributed by atoms with Crippen LogP contribution in [-0.4, -0.2) is 4.98 Å². The van der Waals surface area contributed by atoms with Crippen LogP contribution in [0.3, 0.4) is 0 Å². The first-order chi connectivity index (χ1) is 21.3. The topological polar surface area (TPSA) is 16.1 Å². The van der Waals surface area contributed by atoms with Gasteiger partial charge in [-0.1, -0.05) is 97.1 Å². The molecule has 0 N–H and O–H groups in total. The molecule has 0 aliphatic rings. The zero-order valence-electron chi connectivity index (χ0n) is 23.6. The van der Waals surface area contributed by atoms with E-state index in [-0.39, 0.29) is 0 Å². The predicted molar refractivity (Wildman–Crippen MR) is 184 cm³/mol. The summed E-state index contributed by atoms with van der Waals surface area (Å²) >= 11 is 0. The highest BCUT2D eigenvalue weighted by Gasteiger charge is 2.17. The first-order valence-corrected chi connectivity index (χ1v) is 14.6. The van der Waals surface area contributed by atoms with Crippen molar-refractivity contribution in [2.45, 2.75) is 0 Å². The summed E-state index contributed by atoms with van der Waals surface area (Å²) < 4.78 is 0. The molecule has 1 heterocycles. The Morgan fingerprint density at radius 1 is 0.419 bits per heavy atom. The van der Waals surface area contributed by atoms with Crippen LogP contribution in [0.4, 0.5) is 17.1 Å². The van der Waals surface area contributed by atoms with Crippen LogP contribution in [0.1, 0.15) is 11.1 Å². The second kappa shape index (κ2) is 10.6. The van der Waals surface area contributed by atoms with Crippen molar-refractivity contribution in [3.63, 3.8) is 0 Å². The molecule has 0 spiro atoms. The largest absolute Gasteiger partial charge is 0.310 e. The molecule has 0 atom stereocenters. The number of pyridine rings is 1. The van der Waals surface area contributed by atoms with Gasteiger partial charge in [0.15, 0.2) is 0 Å². The number of benzene rings is 7. The fraction of sp³-hybridized carbons (Fsp3) is 0. The molecule has 0 radical (unpaired) electrons. The zero-order valence-corrected chi connectivity index (χ0v) is 23.6. The van der Waals surface area contributed by atoms with E-state index in [4.69, 9.17) is 4.98 Å². The Balaban J connectivity index is 1.22. The molecule has 7 aromatic carbocycles. The highest BCUT2D eigenvalue weighted by Crippen LogP contribution is 2.41. The number of para-hydroxylation sites is 2. The molecule has 0 saturated heterocycles. The van der Waals surface area contributed by atoms with E-state index in [0.29, 0.717) is 0 Å². The lowest BCUT2D eigenvalue weighted by Gasteiger charge is -2.27. The Kier molecular flexibility index (Phi) is 6.16. The van der Waals surface area contributed by atoms with Crippen LogP contribution >= 0.6 is 0 Å². The van der Waals surface area contributed by atoms with Gasteiger partial charge in [0.05, 0.1) is 11.2 Å². The maximum absolute atomic E-state index is 4.91. The second-order valence-corrected chi connectivity index (χ2v) is 10.9. The Bertz CT molecular complexity index is 2250. The van der Waals surface area contributed by atoms with Crippen molar-refractivity contribution in [3.8, 4) is 0 Å². The van der Waals surface area contributed by atoms with Crippen molar-refractivity contribution in [1.29, 1.82) is 0 Å². The Morgan fingerprint density at radius 2 is 1.00 bits per heavy atom. The summed E-state index contributed by atoms with van der Waals surface area (Å²) in [6.07, 6.45) is 6.29. The minimum absolute atomic E-state index is 1.000. The minimum Gasteiger partial charge on any atom is -0.310 e. The van der Waals surface area contributed by atoms with Gasteiger partial charge in [-0.3, -0.25) is 4.98 Å². The molecular formula is C41H28N2. The summed E-state index contributed by atoms with van der Waals surface area (Å²) in [5.41, 5.74) is 6.67. The molecule has 0 unspecified atom stereocenters. The summed E-state index contributed by atoms with van der Waals surface area (Å²) in [5.74, 6) is 0. The molecule has 0 aliphatic heterocycles. The molecule has 43 heavy (non-hydrogen) atoms. The third kappa shape index (κ3) is 4.69. The van der Waals surface area contributed by atoms with Gasteiger partial charge in [-0.25, -0.2) is 0 Å². The van der Waals surface area contributed by atoms with E-state index in [2.05, 4.69) is 163 Å². The highest BCUT2D eigenvalue weighted by atomic mass is 15.1. The molecule has 0 bridgehead atoms. The van der Waals surface area contributed by atoms with E-state index >= 15 is 0 Å². The first kappa shape index (κ1) is 25.0. The van der Waals surface area contributed by atoms with Gasteiger partial charge in [-0.15, -0.1) is 0 Å². The van der Waals surface area contributed by atoms with Crippen LogP contribution in [-0.2, 0) is 0 Å². The Labute approximate surface area is 250 Å². The van der Waals surface area contributed by atoms with E-state index in [1.54, 1.807) is 0 Å². The normalized spacial score (nSPS) is 11.6. The molecule has 2 heteroatoms. The summed E-state index contributed by atoms with van der Waals surface area (Å²) in [5, 5.41) is 8.47. The van der Waals surface area contributed by atoms with Crippen molar-refractivity contribution in [1.82, 2.24) is 4.98 Å². The molecule has 2 nitrogen and oxygen atoms in total. The molecule has 0 aliphatic carbocycles. The summed E-state index contributed by atoms with van der Waals surface area (Å²) in [6, 6.07) is 54.0. The highest BCUT2D eigenvalue weighted by molar-refractivity contribution is 6.13. The molecule has 8 rings (SSSR count). The molecule has 0 saturated carbocycles. The average molecular weight is 549 g/mol. The van der Waals surface area contributed by atoms with Crippen molar-refractivity contribution in [2.24, 2.45) is 0 Å². The molecule has 0 fully saturated rings. The van der Waals surface area contributed by atoms with E-state index in [1.807, 2.05) is 12.3 Å². The van der Waals surface area contributed by atoms with Crippen LogP contribution in [0.2, 0.25) is 0 Å². The van der Waals surface area contributed by atoms with Gasteiger partial charge in [0, 0.05) is 28.3 Å². The van der Waals surface area contributed by atoms with Gasteiger partial charge in [0.25, 0.3) is 0 Å². The SMILES string of the molecule is C(=Cc1ccc2cc(N(c3ccccc3)c3ccccc3)c3cccnc3c2c1)c1ccc2cc3ccccc3cc2c1. The number of anilines is 3. The van der Waals surface area contributed by atoms with Gasteiger partial charge in [-0.2, -0.15) is 0 Å². The number of fused-ring (bicyclic) bond motifs is 5. The average Bonchev–Trinajstić information content (AvgIpc) is 3.07. The fourth-order valence-electron chi connectivity index (χ4n) is 6.08. The van der Waals surface area contributed by atoms with Crippen LogP contribution in [0.15, 0.2) is 158 Å². The number of nitrogens with zero attached hydrogens (tertiary/aromatic N) is 2. The molecule has 8 aromatic rings. The van der Waals surface area contributed by atoms with Crippen molar-refractivity contribution in [3.05, 3.63) is 169 Å². The van der Waals surface area contributed by atoms with Crippen molar-refractivity contribution >= 4 is 72.4 Å². The Morgan fingerprint density at radius 3 is 1.70 bits per heavy atom. The second-order valence-electron chi connectivity index (χ2n) is 10.9. The third-order valence-corrected chi connectivity index (χ3v) is 8.18. The predicted octanol–water partition coefficient (Wildman–Crippen LogP) is 11.3. The lowest BCUT2D eigenvalue weighted by molar-refractivity contribution is 1.30. The van der Waals surface area contributed by atoms with Gasteiger partial charge < -0.3 is 4.90 Å². The Hall–Kier alpha value is -5.73. The van der Waals surface area contributed by atoms with E-state index in [0.717, 1.165) is 44.3 Å². The maximum Gasteiger partial charge on any atom is 0.0801 e. The third-order valence-electron chi connectivity index (χ3n) is 8.18. The van der Waals surface area contributed by atoms with Gasteiger partial charge in [0.2, 0.25) is 0 Å². The van der Waals surface area contributed by atoms with Crippen LogP contribution < -0.4 is 4.90 Å². The lowest BCUT2D eigenvalue weighted by atomic mass is 9.99. The summed E-state index contributed by atoms with van der Waals surface area (Å²) in [7, 11) is 0. The molecule has 1 aromatic heterocycles. The fourth-order valence-corrected chi connectivity index (χ4v) is 6.08. The summed E-state index contributed by atoms with van der Waals surface area (Å²) in [4.78, 5) is 7.23. The van der Waals surface area contributed by atoms with Crippen LogP contribution in [0.25, 0.3) is 55.4 Å². The zero-order chi connectivity index (χ0) is 28.6. The van der Waals surface area contributed by atoms with E-state index in [1.165, 1.54) is 27.1 Å². The minimum atomic E-state index is 1.000. The number of aromatic nitrogens is 1. The van der Waals surface area contributed by atoms with Crippen LogP contribution in [0, 0.1) is 0 Å². The first-order valence-electron chi connectivity index (χ1n) is 14.6. The van der Waals surface area contributed by atoms with E-state index < -0.39 is 0 Å². The van der Waals surface area contributed by atoms with E-state index in [9.17, 15) is 0 Å². The molecule has 0 amide bonds. The maximum atomic E-state index is 4.91. The standard InChI is InChI=1S/C41H28N2/c1-3-12-36(13-4-1)43(37-14-5-2-6-15-37)40-28-34-22-20-30(25-39(34)41-38(40)16-9-23-42-41)18-17-29-19-21-33-26-31-10-7-8-11-32(31)27-35(33)24-29/h1-28H. The quantitative estimate of drug-likeness (QED) is 0.121. The number of rotatable bonds is 5. The number of hydrogen-bond donors (Lipinski definition) is 0. The van der Waals surface area contributed by atoms with Gasteiger partial charge >= 0.3 is 0 Å². The molecule has 202 valence electrons. The monoisotopic (exact) mass is 548 g/mol. The van der Waals surface area contributed by atoms with Crippen LogP contribution in [0.5, 0.6) is 0 Å². The van der Waals surface area contributed by atoms with Gasteiger partial charge in [-0.05, 0) is 105 Å². The summed E-state index contributed by atoms with van der Waals surface area (Å²) in [6.45, 7) is 0. The smallest absolute Gasteiger partial charge is 0.0801 e. The lowest BCUT2D eigenvalue weighted by Crippen LogP contribution is -2.10. The number of hydrogen-bond acceptors (Lipinski definition) is 2. The molecular weight excluding hydrogens is 520 g/mol. The van der Waals surface area contributed by atoms with Crippen molar-refractivity contribution in [2.75, 3.05) is 4.90 Å². The van der Waals surface area contributed by atoms with Gasteiger partial charge in [0.1, 0.15) is 0 Å².